The van der Waals surface area contributed by atoms with Gasteiger partial charge in [-0.3, -0.25) is 19.5 Å². The molecular weight excluding hydrogens is 352 g/mol. The molecule has 1 aliphatic heterocycles. The summed E-state index contributed by atoms with van der Waals surface area (Å²) in [5, 5.41) is 10.8. The molecule has 2 aromatic rings. The Labute approximate surface area is 155 Å². The van der Waals surface area contributed by atoms with Crippen molar-refractivity contribution in [3.05, 3.63) is 38.9 Å². The lowest BCUT2D eigenvalue weighted by Gasteiger charge is -2.38. The van der Waals surface area contributed by atoms with Crippen LogP contribution in [0.3, 0.4) is 0 Å². The van der Waals surface area contributed by atoms with E-state index in [4.69, 9.17) is 10.2 Å². The predicted octanol–water partition coefficient (Wildman–Crippen LogP) is 2.01. The number of oxazole rings is 1. The predicted molar refractivity (Wildman–Crippen MR) is 99.4 cm³/mol. The number of nitro groups is 1. The molecule has 1 fully saturated rings. The van der Waals surface area contributed by atoms with Gasteiger partial charge in [-0.2, -0.15) is 0 Å². The molecule has 0 saturated carbocycles. The Kier molecular flexibility index (Phi) is 5.59. The van der Waals surface area contributed by atoms with Crippen molar-refractivity contribution in [3.63, 3.8) is 0 Å². The van der Waals surface area contributed by atoms with E-state index in [2.05, 4.69) is 0 Å². The molecule has 1 saturated heterocycles. The number of carbonyl (C=O) groups is 1. The number of nitrogens with two attached hydrogens (primary N) is 1. The number of hydrogen-bond donors (Lipinski definition) is 1. The maximum atomic E-state index is 12.6. The molecule has 1 aromatic heterocycles. The van der Waals surface area contributed by atoms with Crippen molar-refractivity contribution in [2.75, 3.05) is 6.54 Å². The number of non-ortho nitro benzene ring substituents is 1. The van der Waals surface area contributed by atoms with Crippen molar-refractivity contribution in [1.29, 1.82) is 0 Å². The molecule has 0 spiro atoms. The fourth-order valence-electron chi connectivity index (χ4n) is 3.73. The summed E-state index contributed by atoms with van der Waals surface area (Å²) in [7, 11) is 0. The fraction of sp³-hybridized carbons (Fsp3) is 0.556. The lowest BCUT2D eigenvalue weighted by molar-refractivity contribution is -0.384. The van der Waals surface area contributed by atoms with Crippen LogP contribution in [0.4, 0.5) is 5.69 Å². The molecule has 3 rings (SSSR count). The smallest absolute Gasteiger partial charge is 0.407 e. The van der Waals surface area contributed by atoms with Crippen LogP contribution in [0, 0.1) is 10.1 Å². The third-order valence-electron chi connectivity index (χ3n) is 5.11. The first kappa shape index (κ1) is 19.1. The first-order valence-electron chi connectivity index (χ1n) is 9.21. The van der Waals surface area contributed by atoms with Gasteiger partial charge in [-0.15, -0.1) is 0 Å². The normalized spacial score (nSPS) is 18.6. The summed E-state index contributed by atoms with van der Waals surface area (Å²) in [5.74, 6) is -0.530. The highest BCUT2D eigenvalue weighted by atomic mass is 16.6. The molecule has 2 unspecified atom stereocenters. The number of carbonyl (C=O) groups excluding carboxylic acids is 1. The Bertz CT molecular complexity index is 901. The van der Waals surface area contributed by atoms with Crippen LogP contribution in [0.2, 0.25) is 0 Å². The molecular formula is C18H24N4O5. The second-order valence-electron chi connectivity index (χ2n) is 7.04. The number of piperidine rings is 1. The van der Waals surface area contributed by atoms with Crippen molar-refractivity contribution in [2.24, 2.45) is 5.73 Å². The number of hydrogen-bond acceptors (Lipinski definition) is 6. The van der Waals surface area contributed by atoms with Gasteiger partial charge in [-0.05, 0) is 38.7 Å². The van der Waals surface area contributed by atoms with E-state index in [9.17, 15) is 19.7 Å². The van der Waals surface area contributed by atoms with Gasteiger partial charge in [-0.25, -0.2) is 4.79 Å². The highest BCUT2D eigenvalue weighted by Crippen LogP contribution is 2.22. The number of nitrogens with zero attached hydrogens (tertiary/aromatic N) is 3. The Hall–Kier alpha value is -2.68. The highest BCUT2D eigenvalue weighted by molar-refractivity contribution is 5.77. The zero-order valence-electron chi connectivity index (χ0n) is 15.3. The SMILES string of the molecule is CC(N)C1CCCCN1C(=O)CCCn1c(=O)oc2cc([N+](=O)[O-])ccc21. The molecule has 1 amide bonds. The number of benzene rings is 1. The molecule has 146 valence electrons. The number of likely N-dealkylation sites (tertiary alicyclic amines) is 1. The topological polar surface area (TPSA) is 125 Å². The van der Waals surface area contributed by atoms with E-state index in [0.717, 1.165) is 25.8 Å². The van der Waals surface area contributed by atoms with Crippen LogP contribution in [0.15, 0.2) is 27.4 Å². The van der Waals surface area contributed by atoms with E-state index in [1.165, 1.54) is 22.8 Å². The van der Waals surface area contributed by atoms with E-state index in [1.807, 2.05) is 11.8 Å². The van der Waals surface area contributed by atoms with Gasteiger partial charge in [0.2, 0.25) is 5.91 Å². The van der Waals surface area contributed by atoms with Gasteiger partial charge in [0.15, 0.2) is 5.58 Å². The summed E-state index contributed by atoms with van der Waals surface area (Å²) < 4.78 is 6.51. The molecule has 2 atom stereocenters. The van der Waals surface area contributed by atoms with Gasteiger partial charge in [0, 0.05) is 37.7 Å². The van der Waals surface area contributed by atoms with Gasteiger partial charge in [-0.1, -0.05) is 0 Å². The zero-order valence-corrected chi connectivity index (χ0v) is 15.3. The van der Waals surface area contributed by atoms with Crippen LogP contribution in [-0.2, 0) is 11.3 Å². The third kappa shape index (κ3) is 4.02. The number of amides is 1. The highest BCUT2D eigenvalue weighted by Gasteiger charge is 2.28. The monoisotopic (exact) mass is 376 g/mol. The summed E-state index contributed by atoms with van der Waals surface area (Å²) in [6.07, 6.45) is 3.79. The van der Waals surface area contributed by atoms with Crippen LogP contribution in [0.1, 0.15) is 39.0 Å². The molecule has 1 aliphatic rings. The molecule has 2 heterocycles. The van der Waals surface area contributed by atoms with Crippen molar-refractivity contribution in [1.82, 2.24) is 9.47 Å². The Morgan fingerprint density at radius 2 is 2.22 bits per heavy atom. The molecule has 27 heavy (non-hydrogen) atoms. The van der Waals surface area contributed by atoms with Crippen molar-refractivity contribution >= 4 is 22.7 Å². The summed E-state index contributed by atoms with van der Waals surface area (Å²) >= 11 is 0. The van der Waals surface area contributed by atoms with Gasteiger partial charge >= 0.3 is 5.76 Å². The zero-order chi connectivity index (χ0) is 19.6. The summed E-state index contributed by atoms with van der Waals surface area (Å²) in [4.78, 5) is 36.8. The van der Waals surface area contributed by atoms with Crippen molar-refractivity contribution < 1.29 is 14.1 Å². The maximum Gasteiger partial charge on any atom is 0.419 e. The van der Waals surface area contributed by atoms with Crippen LogP contribution in [-0.4, -0.2) is 38.9 Å². The third-order valence-corrected chi connectivity index (χ3v) is 5.11. The lowest BCUT2D eigenvalue weighted by Crippen LogP contribution is -2.51. The Morgan fingerprint density at radius 1 is 1.44 bits per heavy atom. The standard InChI is InChI=1S/C18H24N4O5/c1-12(19)14-5-2-3-9-20(14)17(23)6-4-10-21-15-8-7-13(22(25)26)11-16(15)27-18(21)24/h7-8,11-12,14H,2-6,9-10,19H2,1H3. The minimum atomic E-state index is -0.579. The lowest BCUT2D eigenvalue weighted by atomic mass is 9.96. The Morgan fingerprint density at radius 3 is 2.93 bits per heavy atom. The average Bonchev–Trinajstić information content (AvgIpc) is 2.96. The number of aromatic nitrogens is 1. The van der Waals surface area contributed by atoms with E-state index < -0.39 is 10.7 Å². The van der Waals surface area contributed by atoms with Gasteiger partial charge in [0.1, 0.15) is 0 Å². The minimum absolute atomic E-state index is 0.0495. The van der Waals surface area contributed by atoms with E-state index >= 15 is 0 Å². The first-order chi connectivity index (χ1) is 12.9. The first-order valence-corrected chi connectivity index (χ1v) is 9.21. The van der Waals surface area contributed by atoms with Crippen molar-refractivity contribution in [2.45, 2.75) is 57.7 Å². The molecule has 1 aromatic carbocycles. The van der Waals surface area contributed by atoms with Crippen molar-refractivity contribution in [3.8, 4) is 0 Å². The summed E-state index contributed by atoms with van der Waals surface area (Å²) in [5.41, 5.74) is 6.55. The summed E-state index contributed by atoms with van der Waals surface area (Å²) in [6.45, 7) is 2.96. The number of aryl methyl sites for hydroxylation is 1. The quantitative estimate of drug-likeness (QED) is 0.607. The number of fused-ring (bicyclic) bond motifs is 1. The second kappa shape index (κ2) is 7.91. The molecule has 9 heteroatoms. The summed E-state index contributed by atoms with van der Waals surface area (Å²) in [6, 6.07) is 4.07. The van der Waals surface area contributed by atoms with Gasteiger partial charge in [0.05, 0.1) is 16.5 Å². The largest absolute Gasteiger partial charge is 0.419 e. The number of nitro benzene ring substituents is 1. The molecule has 0 radical (unpaired) electrons. The van der Waals surface area contributed by atoms with Gasteiger partial charge < -0.3 is 15.1 Å². The second-order valence-corrected chi connectivity index (χ2v) is 7.04. The van der Waals surface area contributed by atoms with Crippen LogP contribution < -0.4 is 11.5 Å². The van der Waals surface area contributed by atoms with Crippen LogP contribution in [0.25, 0.3) is 11.1 Å². The molecule has 2 N–H and O–H groups in total. The van der Waals surface area contributed by atoms with E-state index in [0.29, 0.717) is 24.9 Å². The minimum Gasteiger partial charge on any atom is -0.407 e. The molecule has 0 bridgehead atoms. The Balaban J connectivity index is 1.66. The number of rotatable bonds is 6. The maximum absolute atomic E-state index is 12.6. The van der Waals surface area contributed by atoms with E-state index in [1.54, 1.807) is 0 Å². The average molecular weight is 376 g/mol. The fourth-order valence-corrected chi connectivity index (χ4v) is 3.73. The van der Waals surface area contributed by atoms with E-state index in [-0.39, 0.29) is 29.3 Å². The van der Waals surface area contributed by atoms with Gasteiger partial charge in [0.25, 0.3) is 5.69 Å². The molecule has 0 aliphatic carbocycles. The van der Waals surface area contributed by atoms with Crippen LogP contribution >= 0.6 is 0 Å². The molecule has 9 nitrogen and oxygen atoms in total. The van der Waals surface area contributed by atoms with Crippen LogP contribution in [0.5, 0.6) is 0 Å².